The number of ether oxygens (including phenoxy) is 3. The summed E-state index contributed by atoms with van der Waals surface area (Å²) < 4.78 is 16.4. The van der Waals surface area contributed by atoms with Gasteiger partial charge in [-0.1, -0.05) is 17.7 Å². The minimum Gasteiger partial charge on any atom is -0.493 e. The minimum atomic E-state index is -0.106. The third-order valence-electron chi connectivity index (χ3n) is 2.93. The third kappa shape index (κ3) is 3.61. The minimum absolute atomic E-state index is 0.106. The second-order valence-corrected chi connectivity index (χ2v) is 5.98. The largest absolute Gasteiger partial charge is 0.493 e. The molecule has 0 spiro atoms. The van der Waals surface area contributed by atoms with Gasteiger partial charge in [0.25, 0.3) is 0 Å². The van der Waals surface area contributed by atoms with Crippen molar-refractivity contribution in [1.82, 2.24) is 0 Å². The lowest BCUT2D eigenvalue weighted by atomic mass is 10.1. The zero-order chi connectivity index (χ0) is 16.1. The SMILES string of the molecule is COc1cc(C=CC(=O)c2ccc(Cl)s2)cc(OC)c1OC. The van der Waals surface area contributed by atoms with Crippen LogP contribution in [-0.2, 0) is 0 Å². The molecule has 22 heavy (non-hydrogen) atoms. The predicted molar refractivity (Wildman–Crippen MR) is 88.8 cm³/mol. The molecule has 1 aromatic carbocycles. The fraction of sp³-hybridized carbons (Fsp3) is 0.188. The first-order valence-corrected chi connectivity index (χ1v) is 7.56. The van der Waals surface area contributed by atoms with Gasteiger partial charge in [0, 0.05) is 0 Å². The van der Waals surface area contributed by atoms with Gasteiger partial charge in [-0.15, -0.1) is 11.3 Å². The van der Waals surface area contributed by atoms with Gasteiger partial charge in [-0.2, -0.15) is 0 Å². The van der Waals surface area contributed by atoms with E-state index in [1.807, 2.05) is 0 Å². The Labute approximate surface area is 137 Å². The van der Waals surface area contributed by atoms with Crippen molar-refractivity contribution in [3.05, 3.63) is 45.1 Å². The van der Waals surface area contributed by atoms with Gasteiger partial charge in [0.1, 0.15) is 0 Å². The molecule has 2 rings (SSSR count). The summed E-state index contributed by atoms with van der Waals surface area (Å²) in [5.41, 5.74) is 0.769. The Kier molecular flexibility index (Phi) is 5.46. The number of carbonyl (C=O) groups excluding carboxylic acids is 1. The highest BCUT2D eigenvalue weighted by Crippen LogP contribution is 2.38. The molecule has 0 saturated heterocycles. The molecule has 0 aliphatic heterocycles. The molecule has 2 aromatic rings. The van der Waals surface area contributed by atoms with Crippen molar-refractivity contribution in [2.45, 2.75) is 0 Å². The van der Waals surface area contributed by atoms with E-state index in [4.69, 9.17) is 25.8 Å². The molecule has 0 amide bonds. The van der Waals surface area contributed by atoms with Crippen molar-refractivity contribution in [3.8, 4) is 17.2 Å². The molecular formula is C16H15ClO4S. The van der Waals surface area contributed by atoms with E-state index in [-0.39, 0.29) is 5.78 Å². The van der Waals surface area contributed by atoms with Crippen LogP contribution < -0.4 is 14.2 Å². The number of carbonyl (C=O) groups is 1. The summed E-state index contributed by atoms with van der Waals surface area (Å²) in [6, 6.07) is 6.95. The third-order valence-corrected chi connectivity index (χ3v) is 4.18. The monoisotopic (exact) mass is 338 g/mol. The normalized spacial score (nSPS) is 10.7. The van der Waals surface area contributed by atoms with E-state index in [1.165, 1.54) is 17.4 Å². The van der Waals surface area contributed by atoms with E-state index in [0.29, 0.717) is 26.5 Å². The number of rotatable bonds is 6. The van der Waals surface area contributed by atoms with Gasteiger partial charge >= 0.3 is 0 Å². The Bertz CT molecular complexity index is 681. The van der Waals surface area contributed by atoms with Crippen LogP contribution in [0.4, 0.5) is 0 Å². The van der Waals surface area contributed by atoms with Gasteiger partial charge in [0.05, 0.1) is 30.5 Å². The zero-order valence-electron chi connectivity index (χ0n) is 12.4. The number of allylic oxidation sites excluding steroid dienone is 1. The molecule has 6 heteroatoms. The number of methoxy groups -OCH3 is 3. The number of ketones is 1. The molecule has 0 atom stereocenters. The van der Waals surface area contributed by atoms with Crippen molar-refractivity contribution < 1.29 is 19.0 Å². The van der Waals surface area contributed by atoms with E-state index in [1.54, 1.807) is 51.7 Å². The maximum atomic E-state index is 12.0. The molecule has 0 fully saturated rings. The second kappa shape index (κ2) is 7.33. The molecule has 0 N–H and O–H groups in total. The molecule has 1 heterocycles. The van der Waals surface area contributed by atoms with Gasteiger partial charge < -0.3 is 14.2 Å². The molecule has 1 aromatic heterocycles. The predicted octanol–water partition coefficient (Wildman–Crippen LogP) is 4.32. The van der Waals surface area contributed by atoms with Gasteiger partial charge in [-0.05, 0) is 35.9 Å². The summed E-state index contributed by atoms with van der Waals surface area (Å²) in [5, 5.41) is 0. The van der Waals surface area contributed by atoms with E-state index < -0.39 is 0 Å². The smallest absolute Gasteiger partial charge is 0.203 e. The molecule has 0 radical (unpaired) electrons. The Balaban J connectivity index is 2.29. The van der Waals surface area contributed by atoms with Crippen LogP contribution >= 0.6 is 22.9 Å². The zero-order valence-corrected chi connectivity index (χ0v) is 14.0. The Morgan fingerprint density at radius 3 is 2.18 bits per heavy atom. The molecule has 0 aliphatic carbocycles. The fourth-order valence-electron chi connectivity index (χ4n) is 1.90. The van der Waals surface area contributed by atoms with E-state index in [0.717, 1.165) is 5.56 Å². The average Bonchev–Trinajstić information content (AvgIpc) is 2.97. The van der Waals surface area contributed by atoms with Crippen LogP contribution in [0.15, 0.2) is 30.3 Å². The van der Waals surface area contributed by atoms with Crippen LogP contribution in [0.3, 0.4) is 0 Å². The Morgan fingerprint density at radius 1 is 1.09 bits per heavy atom. The van der Waals surface area contributed by atoms with E-state index in [2.05, 4.69) is 0 Å². The Morgan fingerprint density at radius 2 is 1.73 bits per heavy atom. The summed E-state index contributed by atoms with van der Waals surface area (Å²) >= 11 is 7.08. The van der Waals surface area contributed by atoms with Gasteiger partial charge in [0.2, 0.25) is 5.75 Å². The van der Waals surface area contributed by atoms with Crippen LogP contribution in [0.5, 0.6) is 17.2 Å². The summed E-state index contributed by atoms with van der Waals surface area (Å²) in [5.74, 6) is 1.48. The van der Waals surface area contributed by atoms with Crippen LogP contribution in [0, 0.1) is 0 Å². The standard InChI is InChI=1S/C16H15ClO4S/c1-19-12-8-10(9-13(20-2)16(12)21-3)4-5-11(18)14-6-7-15(17)22-14/h4-9H,1-3H3. The van der Waals surface area contributed by atoms with Crippen molar-refractivity contribution in [2.24, 2.45) is 0 Å². The van der Waals surface area contributed by atoms with Crippen LogP contribution in [0.2, 0.25) is 4.34 Å². The topological polar surface area (TPSA) is 44.8 Å². The van der Waals surface area contributed by atoms with E-state index >= 15 is 0 Å². The first-order chi connectivity index (χ1) is 10.6. The molecule has 0 aliphatic rings. The number of benzene rings is 1. The van der Waals surface area contributed by atoms with Gasteiger partial charge in [-0.25, -0.2) is 0 Å². The summed E-state index contributed by atoms with van der Waals surface area (Å²) in [6.45, 7) is 0. The van der Waals surface area contributed by atoms with Crippen LogP contribution in [0.1, 0.15) is 15.2 Å². The van der Waals surface area contributed by atoms with Gasteiger partial charge in [-0.3, -0.25) is 4.79 Å². The highest BCUT2D eigenvalue weighted by Gasteiger charge is 2.12. The van der Waals surface area contributed by atoms with Crippen LogP contribution in [-0.4, -0.2) is 27.1 Å². The highest BCUT2D eigenvalue weighted by atomic mass is 35.5. The number of hydrogen-bond acceptors (Lipinski definition) is 5. The molecule has 0 unspecified atom stereocenters. The highest BCUT2D eigenvalue weighted by molar-refractivity contribution is 7.18. The molecule has 116 valence electrons. The molecule has 0 bridgehead atoms. The second-order valence-electron chi connectivity index (χ2n) is 4.26. The number of hydrogen-bond donors (Lipinski definition) is 0. The first kappa shape index (κ1) is 16.4. The lowest BCUT2D eigenvalue weighted by Gasteiger charge is -2.12. The van der Waals surface area contributed by atoms with Crippen molar-refractivity contribution in [1.29, 1.82) is 0 Å². The lowest BCUT2D eigenvalue weighted by molar-refractivity contribution is 0.105. The maximum absolute atomic E-state index is 12.0. The average molecular weight is 339 g/mol. The van der Waals surface area contributed by atoms with E-state index in [9.17, 15) is 4.79 Å². The van der Waals surface area contributed by atoms with Crippen molar-refractivity contribution in [3.63, 3.8) is 0 Å². The summed E-state index contributed by atoms with van der Waals surface area (Å²) in [4.78, 5) is 12.6. The Hall–Kier alpha value is -1.98. The van der Waals surface area contributed by atoms with Crippen molar-refractivity contribution >= 4 is 34.8 Å². The molecule has 4 nitrogen and oxygen atoms in total. The summed E-state index contributed by atoms with van der Waals surface area (Å²) in [7, 11) is 4.63. The van der Waals surface area contributed by atoms with Gasteiger partial charge in [0.15, 0.2) is 17.3 Å². The fourth-order valence-corrected chi connectivity index (χ4v) is 2.86. The molecule has 0 saturated carbocycles. The molecular weight excluding hydrogens is 324 g/mol. The number of halogens is 1. The maximum Gasteiger partial charge on any atom is 0.203 e. The van der Waals surface area contributed by atoms with Crippen molar-refractivity contribution in [2.75, 3.05) is 21.3 Å². The number of thiophene rings is 1. The van der Waals surface area contributed by atoms with Crippen LogP contribution in [0.25, 0.3) is 6.08 Å². The first-order valence-electron chi connectivity index (χ1n) is 6.36. The summed E-state index contributed by atoms with van der Waals surface area (Å²) in [6.07, 6.45) is 3.18. The lowest BCUT2D eigenvalue weighted by Crippen LogP contribution is -1.96. The quantitative estimate of drug-likeness (QED) is 0.581.